The minimum absolute atomic E-state index is 0.822. The summed E-state index contributed by atoms with van der Waals surface area (Å²) in [6.45, 7) is 3.35. The van der Waals surface area contributed by atoms with Crippen LogP contribution in [-0.2, 0) is 19.4 Å². The number of aromatic nitrogens is 3. The highest BCUT2D eigenvalue weighted by Gasteiger charge is 2.27. The Kier molecular flexibility index (Phi) is 3.44. The number of hydrogen-bond donors (Lipinski definition) is 0. The first-order chi connectivity index (χ1) is 13.3. The first-order valence-corrected chi connectivity index (χ1v) is 10.1. The third-order valence-corrected chi connectivity index (χ3v) is 6.45. The van der Waals surface area contributed by atoms with Crippen LogP contribution in [0.4, 0.5) is 5.69 Å². The number of nitrogens with zero attached hydrogens (tertiary/aromatic N) is 5. The fourth-order valence-corrected chi connectivity index (χ4v) is 4.64. The smallest absolute Gasteiger partial charge is 0.111 e. The van der Waals surface area contributed by atoms with Crippen LogP contribution in [0.1, 0.15) is 30.8 Å². The second-order valence-corrected chi connectivity index (χ2v) is 7.96. The molecule has 27 heavy (non-hydrogen) atoms. The molecule has 3 aromatic rings. The number of aliphatic imine (C=N–C) groups is 1. The second kappa shape index (κ2) is 5.99. The number of hydrogen-bond acceptors (Lipinski definition) is 4. The average molecular weight is 357 g/mol. The maximum Gasteiger partial charge on any atom is 0.111 e. The summed E-state index contributed by atoms with van der Waals surface area (Å²) in [5.74, 6) is 1.24. The van der Waals surface area contributed by atoms with E-state index in [4.69, 9.17) is 4.98 Å². The molecule has 6 rings (SSSR count). The highest BCUT2D eigenvalue weighted by molar-refractivity contribution is 5.84. The van der Waals surface area contributed by atoms with E-state index < -0.39 is 0 Å². The monoisotopic (exact) mass is 357 g/mol. The number of imidazole rings is 1. The standard InChI is InChI=1S/C22H23N5/c1-2-17(3-1)26-9-7-22-25-20-12-15(4-5-21(20)27(22)11-10-26)16-13-19-18(24-14-16)6-8-23-19/h4-5,8,12-14,17H,1-3,6-7,9-11H2. The zero-order valence-corrected chi connectivity index (χ0v) is 15.4. The van der Waals surface area contributed by atoms with Crippen molar-refractivity contribution in [2.45, 2.75) is 44.7 Å². The second-order valence-electron chi connectivity index (χ2n) is 7.96. The Bertz CT molecular complexity index is 1060. The first-order valence-electron chi connectivity index (χ1n) is 10.1. The summed E-state index contributed by atoms with van der Waals surface area (Å²) in [4.78, 5) is 16.7. The number of fused-ring (bicyclic) bond motifs is 4. The predicted molar refractivity (Wildman–Crippen MR) is 108 cm³/mol. The topological polar surface area (TPSA) is 46.3 Å². The summed E-state index contributed by atoms with van der Waals surface area (Å²) in [7, 11) is 0. The minimum Gasteiger partial charge on any atom is -0.327 e. The molecule has 136 valence electrons. The molecule has 2 aromatic heterocycles. The van der Waals surface area contributed by atoms with Crippen molar-refractivity contribution in [3.8, 4) is 11.1 Å². The van der Waals surface area contributed by atoms with Gasteiger partial charge in [-0.05, 0) is 36.6 Å². The van der Waals surface area contributed by atoms with Gasteiger partial charge in [-0.2, -0.15) is 0 Å². The lowest BCUT2D eigenvalue weighted by Crippen LogP contribution is -2.41. The summed E-state index contributed by atoms with van der Waals surface area (Å²) in [6, 6.07) is 9.61. The van der Waals surface area contributed by atoms with Gasteiger partial charge in [0.15, 0.2) is 0 Å². The summed E-state index contributed by atoms with van der Waals surface area (Å²) in [5, 5.41) is 0. The normalized spacial score (nSPS) is 19.7. The van der Waals surface area contributed by atoms with Gasteiger partial charge in [0, 0.05) is 56.5 Å². The third-order valence-electron chi connectivity index (χ3n) is 6.45. The zero-order chi connectivity index (χ0) is 17.8. The van der Waals surface area contributed by atoms with E-state index >= 15 is 0 Å². The molecule has 0 radical (unpaired) electrons. The summed E-state index contributed by atoms with van der Waals surface area (Å²) in [5.41, 5.74) is 6.73. The molecule has 0 saturated heterocycles. The summed E-state index contributed by atoms with van der Waals surface area (Å²) >= 11 is 0. The van der Waals surface area contributed by atoms with E-state index in [0.29, 0.717) is 0 Å². The van der Waals surface area contributed by atoms with Gasteiger partial charge in [0.05, 0.1) is 22.4 Å². The van der Waals surface area contributed by atoms with Crippen LogP contribution in [0.15, 0.2) is 35.5 Å². The van der Waals surface area contributed by atoms with Crippen LogP contribution in [0.2, 0.25) is 0 Å². The molecule has 0 amide bonds. The minimum atomic E-state index is 0.822. The van der Waals surface area contributed by atoms with Crippen LogP contribution in [0.3, 0.4) is 0 Å². The molecule has 1 aromatic carbocycles. The van der Waals surface area contributed by atoms with Crippen LogP contribution in [0.25, 0.3) is 22.2 Å². The fraction of sp³-hybridized carbons (Fsp3) is 0.409. The molecule has 0 unspecified atom stereocenters. The Morgan fingerprint density at radius 1 is 1.00 bits per heavy atom. The molecule has 5 nitrogen and oxygen atoms in total. The van der Waals surface area contributed by atoms with E-state index in [0.717, 1.165) is 61.0 Å². The van der Waals surface area contributed by atoms with Crippen molar-refractivity contribution in [2.75, 3.05) is 13.1 Å². The Morgan fingerprint density at radius 2 is 1.96 bits per heavy atom. The van der Waals surface area contributed by atoms with Crippen LogP contribution >= 0.6 is 0 Å². The quantitative estimate of drug-likeness (QED) is 0.701. The molecule has 2 aliphatic heterocycles. The molecule has 3 aliphatic rings. The Hall–Kier alpha value is -2.53. The highest BCUT2D eigenvalue weighted by atomic mass is 15.2. The van der Waals surface area contributed by atoms with Gasteiger partial charge in [-0.15, -0.1) is 0 Å². The van der Waals surface area contributed by atoms with E-state index in [-0.39, 0.29) is 0 Å². The van der Waals surface area contributed by atoms with Crippen molar-refractivity contribution in [2.24, 2.45) is 4.99 Å². The predicted octanol–water partition coefficient (Wildman–Crippen LogP) is 3.77. The van der Waals surface area contributed by atoms with E-state index in [1.165, 1.54) is 36.2 Å². The molecule has 0 spiro atoms. The molecule has 0 N–H and O–H groups in total. The Balaban J connectivity index is 1.33. The van der Waals surface area contributed by atoms with Gasteiger partial charge >= 0.3 is 0 Å². The average Bonchev–Trinajstić information content (AvgIpc) is 3.20. The Morgan fingerprint density at radius 3 is 2.85 bits per heavy atom. The van der Waals surface area contributed by atoms with Gasteiger partial charge < -0.3 is 4.57 Å². The maximum absolute atomic E-state index is 5.00. The van der Waals surface area contributed by atoms with E-state index in [1.807, 2.05) is 12.4 Å². The molecular weight excluding hydrogens is 334 g/mol. The first kappa shape index (κ1) is 15.5. The van der Waals surface area contributed by atoms with Gasteiger partial charge in [0.1, 0.15) is 5.82 Å². The highest BCUT2D eigenvalue weighted by Crippen LogP contribution is 2.31. The van der Waals surface area contributed by atoms with Crippen molar-refractivity contribution in [3.05, 3.63) is 42.0 Å². The lowest BCUT2D eigenvalue weighted by molar-refractivity contribution is 0.130. The molecule has 0 atom stereocenters. The van der Waals surface area contributed by atoms with Crippen molar-refractivity contribution < 1.29 is 0 Å². The van der Waals surface area contributed by atoms with Crippen LogP contribution in [0, 0.1) is 0 Å². The lowest BCUT2D eigenvalue weighted by atomic mass is 9.91. The van der Waals surface area contributed by atoms with Crippen LogP contribution < -0.4 is 0 Å². The SMILES string of the molecule is C1=Nc2cc(-c3ccc4c(c3)nc3n4CCN(C4CCC4)CC3)cnc2C1. The summed E-state index contributed by atoms with van der Waals surface area (Å²) < 4.78 is 2.43. The van der Waals surface area contributed by atoms with Gasteiger partial charge in [-0.3, -0.25) is 14.9 Å². The molecule has 1 saturated carbocycles. The summed E-state index contributed by atoms with van der Waals surface area (Å²) in [6.07, 6.45) is 9.96. The number of rotatable bonds is 2. The van der Waals surface area contributed by atoms with Gasteiger partial charge in [-0.1, -0.05) is 12.5 Å². The van der Waals surface area contributed by atoms with Gasteiger partial charge in [-0.25, -0.2) is 4.98 Å². The third kappa shape index (κ3) is 2.52. The van der Waals surface area contributed by atoms with Crippen LogP contribution in [0.5, 0.6) is 0 Å². The molecule has 4 heterocycles. The zero-order valence-electron chi connectivity index (χ0n) is 15.4. The van der Waals surface area contributed by atoms with Crippen molar-refractivity contribution in [3.63, 3.8) is 0 Å². The number of benzene rings is 1. The molecular formula is C22H23N5. The molecule has 1 aliphatic carbocycles. The van der Waals surface area contributed by atoms with Gasteiger partial charge in [0.2, 0.25) is 0 Å². The van der Waals surface area contributed by atoms with Gasteiger partial charge in [0.25, 0.3) is 0 Å². The molecule has 0 bridgehead atoms. The largest absolute Gasteiger partial charge is 0.327 e. The fourth-order valence-electron chi connectivity index (χ4n) is 4.64. The van der Waals surface area contributed by atoms with E-state index in [2.05, 4.69) is 43.7 Å². The Labute approximate surface area is 158 Å². The van der Waals surface area contributed by atoms with E-state index in [9.17, 15) is 0 Å². The molecule has 5 heteroatoms. The maximum atomic E-state index is 5.00. The van der Waals surface area contributed by atoms with Crippen LogP contribution in [-0.4, -0.2) is 44.8 Å². The molecule has 1 fully saturated rings. The number of pyridine rings is 1. The van der Waals surface area contributed by atoms with Crippen molar-refractivity contribution in [1.82, 2.24) is 19.4 Å². The van der Waals surface area contributed by atoms with E-state index in [1.54, 1.807) is 0 Å². The lowest BCUT2D eigenvalue weighted by Gasteiger charge is -2.36. The van der Waals surface area contributed by atoms with Crippen molar-refractivity contribution >= 4 is 22.9 Å². The van der Waals surface area contributed by atoms with Crippen molar-refractivity contribution in [1.29, 1.82) is 0 Å².